The molecule has 2 aromatic heterocycles. The summed E-state index contributed by atoms with van der Waals surface area (Å²) in [5.41, 5.74) is 2.42. The zero-order chi connectivity index (χ0) is 27.8. The monoisotopic (exact) mass is 531 g/mol. The molecular formula is C26H32F3N7O2. The molecule has 3 aromatic rings. The maximum atomic E-state index is 13.8. The molecule has 38 heavy (non-hydrogen) atoms. The third kappa shape index (κ3) is 5.73. The number of anilines is 2. The average molecular weight is 532 g/mol. The Bertz CT molecular complexity index is 1290. The van der Waals surface area contributed by atoms with Crippen molar-refractivity contribution in [3.8, 4) is 0 Å². The fourth-order valence-corrected chi connectivity index (χ4v) is 4.94. The van der Waals surface area contributed by atoms with Crippen LogP contribution in [-0.2, 0) is 24.5 Å². The van der Waals surface area contributed by atoms with Crippen LogP contribution in [0.25, 0.3) is 0 Å². The molecule has 0 radical (unpaired) electrons. The Morgan fingerprint density at radius 1 is 1.18 bits per heavy atom. The number of hydrogen-bond acceptors (Lipinski definition) is 7. The normalized spacial score (nSPS) is 17.5. The molecule has 0 N–H and O–H groups in total. The van der Waals surface area contributed by atoms with Gasteiger partial charge in [0.2, 0.25) is 0 Å². The largest absolute Gasteiger partial charge is 0.446 e. The maximum Gasteiger partial charge on any atom is 0.433 e. The number of tetrazole rings is 1. The molecule has 3 heterocycles. The van der Waals surface area contributed by atoms with Gasteiger partial charge in [-0.05, 0) is 63.4 Å². The number of amides is 1. The Hall–Kier alpha value is -3.70. The van der Waals surface area contributed by atoms with Gasteiger partial charge in [-0.3, -0.25) is 4.90 Å². The van der Waals surface area contributed by atoms with Crippen molar-refractivity contribution in [1.82, 2.24) is 25.2 Å². The summed E-state index contributed by atoms with van der Waals surface area (Å²) in [5, 5.41) is 12.5. The highest BCUT2D eigenvalue weighted by Crippen LogP contribution is 2.44. The highest BCUT2D eigenvalue weighted by Gasteiger charge is 2.43. The quantitative estimate of drug-likeness (QED) is 0.414. The van der Waals surface area contributed by atoms with Crippen molar-refractivity contribution in [3.63, 3.8) is 0 Å². The second kappa shape index (κ2) is 10.6. The van der Waals surface area contributed by atoms with Crippen LogP contribution in [0.1, 0.15) is 67.7 Å². The predicted octanol–water partition coefficient (Wildman–Crippen LogP) is 5.52. The number of fused-ring (bicyclic) bond motifs is 1. The molecule has 0 spiro atoms. The summed E-state index contributed by atoms with van der Waals surface area (Å²) in [7, 11) is 1.62. The fourth-order valence-electron chi connectivity index (χ4n) is 4.94. The first-order valence-corrected chi connectivity index (χ1v) is 12.5. The van der Waals surface area contributed by atoms with Crippen molar-refractivity contribution in [2.24, 2.45) is 7.05 Å². The van der Waals surface area contributed by atoms with E-state index in [0.717, 1.165) is 22.8 Å². The lowest BCUT2D eigenvalue weighted by molar-refractivity contribution is -0.141. The first-order valence-electron chi connectivity index (χ1n) is 12.5. The number of aryl methyl sites for hydroxylation is 3. The molecule has 0 bridgehead atoms. The van der Waals surface area contributed by atoms with Gasteiger partial charge in [0.05, 0.1) is 30.6 Å². The van der Waals surface area contributed by atoms with Crippen LogP contribution in [0.5, 0.6) is 0 Å². The van der Waals surface area contributed by atoms with Crippen LogP contribution in [-0.4, -0.2) is 43.4 Å². The van der Waals surface area contributed by atoms with Crippen LogP contribution in [0.2, 0.25) is 0 Å². The maximum absolute atomic E-state index is 13.8. The molecule has 0 unspecified atom stereocenters. The summed E-state index contributed by atoms with van der Waals surface area (Å²) in [6, 6.07) is 7.28. The molecule has 12 heteroatoms. The second-order valence-corrected chi connectivity index (χ2v) is 9.92. The van der Waals surface area contributed by atoms with Crippen LogP contribution in [0.4, 0.5) is 29.6 Å². The van der Waals surface area contributed by atoms with Crippen LogP contribution in [0.15, 0.2) is 30.3 Å². The summed E-state index contributed by atoms with van der Waals surface area (Å²) in [4.78, 5) is 21.8. The molecule has 4 rings (SSSR count). The molecular weight excluding hydrogens is 499 g/mol. The van der Waals surface area contributed by atoms with Gasteiger partial charge >= 0.3 is 12.3 Å². The number of aromatic nitrogens is 5. The molecule has 0 saturated heterocycles. The summed E-state index contributed by atoms with van der Waals surface area (Å²) in [6.45, 7) is 9.66. The molecule has 9 nitrogen and oxygen atoms in total. The van der Waals surface area contributed by atoms with Gasteiger partial charge in [-0.2, -0.15) is 18.0 Å². The van der Waals surface area contributed by atoms with Gasteiger partial charge in [-0.1, -0.05) is 41.3 Å². The van der Waals surface area contributed by atoms with E-state index in [0.29, 0.717) is 19.4 Å². The molecule has 204 valence electrons. The van der Waals surface area contributed by atoms with Gasteiger partial charge in [0.15, 0.2) is 0 Å². The van der Waals surface area contributed by atoms with Gasteiger partial charge in [0.1, 0.15) is 5.69 Å². The number of alkyl halides is 3. The predicted molar refractivity (Wildman–Crippen MR) is 136 cm³/mol. The van der Waals surface area contributed by atoms with E-state index < -0.39 is 30.1 Å². The lowest BCUT2D eigenvalue weighted by atomic mass is 9.91. The highest BCUT2D eigenvalue weighted by molar-refractivity contribution is 5.90. The number of carbonyl (C=O) groups is 1. The van der Waals surface area contributed by atoms with E-state index in [4.69, 9.17) is 4.74 Å². The Labute approximate surface area is 219 Å². The first kappa shape index (κ1) is 27.3. The minimum Gasteiger partial charge on any atom is -0.446 e. The van der Waals surface area contributed by atoms with Crippen LogP contribution >= 0.6 is 0 Å². The lowest BCUT2D eigenvalue weighted by Gasteiger charge is -2.43. The van der Waals surface area contributed by atoms with Crippen molar-refractivity contribution in [1.29, 1.82) is 0 Å². The average Bonchev–Trinajstić information content (AvgIpc) is 3.25. The van der Waals surface area contributed by atoms with Crippen LogP contribution in [0.3, 0.4) is 0 Å². The van der Waals surface area contributed by atoms with Crippen molar-refractivity contribution < 1.29 is 22.7 Å². The zero-order valence-corrected chi connectivity index (χ0v) is 22.3. The summed E-state index contributed by atoms with van der Waals surface area (Å²) in [5.74, 6) is 0.259. The van der Waals surface area contributed by atoms with E-state index in [9.17, 15) is 18.0 Å². The van der Waals surface area contributed by atoms with E-state index in [2.05, 4.69) is 20.4 Å². The number of halogens is 3. The number of ether oxygens (including phenoxy) is 1. The smallest absolute Gasteiger partial charge is 0.433 e. The van der Waals surface area contributed by atoms with E-state index in [1.807, 2.05) is 43.9 Å². The van der Waals surface area contributed by atoms with E-state index in [1.54, 1.807) is 20.9 Å². The third-order valence-corrected chi connectivity index (χ3v) is 6.40. The SMILES string of the molecule is CC[C@@H]1C[C@H](N(Cc2cc(C)cc(C)c2)c2nnn(C)n2)c2nc(C(F)(F)F)ccc2N1C(=O)OC(C)C. The summed E-state index contributed by atoms with van der Waals surface area (Å²) in [6.07, 6.45) is -4.82. The number of carbonyl (C=O) groups excluding carboxylic acids is 1. The topological polar surface area (TPSA) is 89.3 Å². The number of rotatable bonds is 6. The van der Waals surface area contributed by atoms with E-state index in [-0.39, 0.29) is 23.4 Å². The fraction of sp³-hybridized carbons (Fsp3) is 0.500. The van der Waals surface area contributed by atoms with Crippen molar-refractivity contribution in [2.45, 2.75) is 78.4 Å². The summed E-state index contributed by atoms with van der Waals surface area (Å²) >= 11 is 0. The minimum absolute atomic E-state index is 0.113. The lowest BCUT2D eigenvalue weighted by Crippen LogP contribution is -2.49. The second-order valence-electron chi connectivity index (χ2n) is 9.92. The standard InChI is InChI=1S/C26H32F3N7O2/c1-7-19-13-21(35(24-31-33-34(6)32-24)14-18-11-16(4)10-17(5)12-18)23-20(36(19)25(37)38-15(2)3)8-9-22(30-23)26(27,28)29/h8-12,15,19,21H,7,13-14H2,1-6H3/t19-,21+/m1/s1. The van der Waals surface area contributed by atoms with Gasteiger partial charge in [0.25, 0.3) is 5.95 Å². The van der Waals surface area contributed by atoms with Crippen molar-refractivity contribution >= 4 is 17.7 Å². The zero-order valence-electron chi connectivity index (χ0n) is 22.3. The Balaban J connectivity index is 1.89. The molecule has 0 fully saturated rings. The molecule has 2 atom stereocenters. The van der Waals surface area contributed by atoms with Gasteiger partial charge in [0, 0.05) is 12.6 Å². The van der Waals surface area contributed by atoms with Crippen molar-refractivity contribution in [2.75, 3.05) is 9.80 Å². The molecule has 1 aliphatic rings. The summed E-state index contributed by atoms with van der Waals surface area (Å²) < 4.78 is 46.9. The molecule has 1 aliphatic heterocycles. The van der Waals surface area contributed by atoms with Gasteiger partial charge in [-0.25, -0.2) is 9.78 Å². The van der Waals surface area contributed by atoms with Crippen molar-refractivity contribution in [3.05, 3.63) is 58.4 Å². The third-order valence-electron chi connectivity index (χ3n) is 6.40. The molecule has 0 aliphatic carbocycles. The number of pyridine rings is 1. The Kier molecular flexibility index (Phi) is 7.61. The molecule has 1 amide bonds. The highest BCUT2D eigenvalue weighted by atomic mass is 19.4. The minimum atomic E-state index is -4.66. The number of nitrogens with zero attached hydrogens (tertiary/aromatic N) is 7. The number of hydrogen-bond donors (Lipinski definition) is 0. The number of benzene rings is 1. The molecule has 1 aromatic carbocycles. The van der Waals surface area contributed by atoms with Crippen LogP contribution in [0, 0.1) is 13.8 Å². The van der Waals surface area contributed by atoms with E-state index >= 15 is 0 Å². The van der Waals surface area contributed by atoms with Gasteiger partial charge < -0.3 is 9.64 Å². The Morgan fingerprint density at radius 2 is 1.87 bits per heavy atom. The van der Waals surface area contributed by atoms with Crippen LogP contribution < -0.4 is 9.80 Å². The molecule has 0 saturated carbocycles. The first-order chi connectivity index (χ1) is 17.9. The van der Waals surface area contributed by atoms with Gasteiger partial charge in [-0.15, -0.1) is 5.10 Å². The Morgan fingerprint density at radius 3 is 2.42 bits per heavy atom. The van der Waals surface area contributed by atoms with E-state index in [1.165, 1.54) is 15.8 Å².